The van der Waals surface area contributed by atoms with Gasteiger partial charge in [0.25, 0.3) is 0 Å². The van der Waals surface area contributed by atoms with E-state index in [2.05, 4.69) is 6.08 Å². The molecule has 0 aromatic rings. The van der Waals surface area contributed by atoms with Crippen LogP contribution in [0.1, 0.15) is 6.42 Å². The number of hydrogen-bond donors (Lipinski definition) is 0. The highest BCUT2D eigenvalue weighted by atomic mass is 16.5. The first-order valence-electron chi connectivity index (χ1n) is 2.98. The average Bonchev–Trinajstić information content (AvgIpc) is 2.45. The summed E-state index contributed by atoms with van der Waals surface area (Å²) in [5, 5.41) is 11.9. The lowest BCUT2D eigenvalue weighted by molar-refractivity contribution is 0.385. The van der Waals surface area contributed by atoms with Crippen molar-refractivity contribution in [2.75, 3.05) is 6.54 Å². The molecule has 1 aliphatic carbocycles. The Balaban J connectivity index is 2.13. The van der Waals surface area contributed by atoms with Crippen LogP contribution in [0, 0.1) is 11.1 Å². The molecule has 8 heavy (non-hydrogen) atoms. The van der Waals surface area contributed by atoms with Crippen LogP contribution in [0.2, 0.25) is 0 Å². The molecule has 0 aromatic carbocycles. The van der Waals surface area contributed by atoms with Crippen LogP contribution in [0.4, 0.5) is 0 Å². The third-order valence-electron chi connectivity index (χ3n) is 1.84. The summed E-state index contributed by atoms with van der Waals surface area (Å²) in [7, 11) is 0. The van der Waals surface area contributed by atoms with E-state index < -0.39 is 0 Å². The van der Waals surface area contributed by atoms with Gasteiger partial charge in [-0.15, -0.1) is 0 Å². The minimum atomic E-state index is 0.361. The second-order valence-corrected chi connectivity index (χ2v) is 2.49. The Morgan fingerprint density at radius 2 is 2.50 bits per heavy atom. The van der Waals surface area contributed by atoms with E-state index in [-0.39, 0.29) is 0 Å². The highest BCUT2D eigenvalue weighted by Crippen LogP contribution is 2.38. The molecule has 1 heterocycles. The van der Waals surface area contributed by atoms with Crippen LogP contribution in [-0.4, -0.2) is 17.6 Å². The zero-order chi connectivity index (χ0) is 5.56. The van der Waals surface area contributed by atoms with Crippen LogP contribution < -0.4 is 0 Å². The molecule has 44 valence electrons. The van der Waals surface area contributed by atoms with Gasteiger partial charge in [0.15, 0.2) is 0 Å². The number of fused-ring (bicyclic) bond motifs is 1. The molecular formula is C6H8NO-. The summed E-state index contributed by atoms with van der Waals surface area (Å²) in [6, 6.07) is 0.361. The monoisotopic (exact) mass is 110 g/mol. The van der Waals surface area contributed by atoms with Gasteiger partial charge in [0.2, 0.25) is 0 Å². The van der Waals surface area contributed by atoms with E-state index >= 15 is 0 Å². The fourth-order valence-electron chi connectivity index (χ4n) is 1.21. The fraction of sp³-hybridized carbons (Fsp3) is 0.667. The molecule has 1 aliphatic heterocycles. The molecular weight excluding hydrogens is 102 g/mol. The third kappa shape index (κ3) is 0.501. The molecule has 2 heteroatoms. The lowest BCUT2D eigenvalue weighted by atomic mass is 10.3. The molecule has 0 amide bonds. The molecule has 0 saturated heterocycles. The van der Waals surface area contributed by atoms with Gasteiger partial charge >= 0.3 is 0 Å². The van der Waals surface area contributed by atoms with Crippen molar-refractivity contribution in [3.05, 3.63) is 17.4 Å². The zero-order valence-electron chi connectivity index (χ0n) is 4.58. The van der Waals surface area contributed by atoms with Crippen LogP contribution in [0.25, 0.3) is 0 Å². The Hall–Kier alpha value is -0.340. The number of rotatable bonds is 0. The lowest BCUT2D eigenvalue weighted by Crippen LogP contribution is -2.22. The Kier molecular flexibility index (Phi) is 0.754. The SMILES string of the molecule is [O-]N1CC=CC2CC21. The van der Waals surface area contributed by atoms with Crippen molar-refractivity contribution >= 4 is 0 Å². The van der Waals surface area contributed by atoms with Gasteiger partial charge < -0.3 is 10.3 Å². The molecule has 1 fully saturated rings. The fourth-order valence-corrected chi connectivity index (χ4v) is 1.21. The summed E-state index contributed by atoms with van der Waals surface area (Å²) in [4.78, 5) is 0. The van der Waals surface area contributed by atoms with Crippen molar-refractivity contribution in [2.45, 2.75) is 12.5 Å². The van der Waals surface area contributed by atoms with Gasteiger partial charge in [-0.2, -0.15) is 0 Å². The second-order valence-electron chi connectivity index (χ2n) is 2.49. The van der Waals surface area contributed by atoms with Crippen LogP contribution >= 0.6 is 0 Å². The van der Waals surface area contributed by atoms with E-state index in [0.29, 0.717) is 18.5 Å². The largest absolute Gasteiger partial charge is 0.785 e. The van der Waals surface area contributed by atoms with E-state index in [1.807, 2.05) is 6.08 Å². The summed E-state index contributed by atoms with van der Waals surface area (Å²) in [5.74, 6) is 0.612. The first kappa shape index (κ1) is 4.53. The number of nitrogens with zero attached hydrogens (tertiary/aromatic N) is 1. The van der Waals surface area contributed by atoms with Gasteiger partial charge in [0.1, 0.15) is 0 Å². The summed E-state index contributed by atoms with van der Waals surface area (Å²) in [6.07, 6.45) is 5.21. The third-order valence-corrected chi connectivity index (χ3v) is 1.84. The lowest BCUT2D eigenvalue weighted by Gasteiger charge is -2.28. The van der Waals surface area contributed by atoms with Crippen LogP contribution in [0.15, 0.2) is 12.2 Å². The topological polar surface area (TPSA) is 26.3 Å². The maximum absolute atomic E-state index is 10.7. The highest BCUT2D eigenvalue weighted by molar-refractivity contribution is 5.12. The van der Waals surface area contributed by atoms with Crippen molar-refractivity contribution in [1.29, 1.82) is 0 Å². The molecule has 0 N–H and O–H groups in total. The molecule has 2 rings (SSSR count). The van der Waals surface area contributed by atoms with E-state index in [1.165, 1.54) is 5.06 Å². The first-order valence-corrected chi connectivity index (χ1v) is 2.98. The summed E-state index contributed by atoms with van der Waals surface area (Å²) in [5.41, 5.74) is 0. The molecule has 2 aliphatic rings. The van der Waals surface area contributed by atoms with Crippen molar-refractivity contribution in [3.8, 4) is 0 Å². The van der Waals surface area contributed by atoms with Crippen LogP contribution in [-0.2, 0) is 0 Å². The summed E-state index contributed by atoms with van der Waals surface area (Å²) in [6.45, 7) is 0.612. The minimum absolute atomic E-state index is 0.361. The molecule has 2 unspecified atom stereocenters. The summed E-state index contributed by atoms with van der Waals surface area (Å²) < 4.78 is 0. The Bertz CT molecular complexity index is 132. The van der Waals surface area contributed by atoms with Crippen LogP contribution in [0.5, 0.6) is 0 Å². The standard InChI is InChI=1S/C6H8NO/c8-7-3-1-2-5-4-6(5)7/h1-2,5-6H,3-4H2/q-1. The number of hydroxylamine groups is 2. The maximum Gasteiger partial charge on any atom is 0.00468 e. The maximum atomic E-state index is 10.7. The Labute approximate surface area is 48.4 Å². The predicted octanol–water partition coefficient (Wildman–Crippen LogP) is 0.744. The predicted molar refractivity (Wildman–Crippen MR) is 31.1 cm³/mol. The highest BCUT2D eigenvalue weighted by Gasteiger charge is 2.37. The van der Waals surface area contributed by atoms with E-state index in [1.54, 1.807) is 0 Å². The van der Waals surface area contributed by atoms with Crippen molar-refractivity contribution in [2.24, 2.45) is 5.92 Å². The first-order chi connectivity index (χ1) is 3.88. The van der Waals surface area contributed by atoms with E-state index in [4.69, 9.17) is 0 Å². The van der Waals surface area contributed by atoms with Gasteiger partial charge in [-0.05, 0) is 12.3 Å². The van der Waals surface area contributed by atoms with Gasteiger partial charge in [-0.1, -0.05) is 12.2 Å². The van der Waals surface area contributed by atoms with Gasteiger partial charge in [0.05, 0.1) is 0 Å². The molecule has 2 atom stereocenters. The quantitative estimate of drug-likeness (QED) is 0.430. The number of hydrogen-bond acceptors (Lipinski definition) is 2. The van der Waals surface area contributed by atoms with E-state index in [0.717, 1.165) is 6.42 Å². The molecule has 0 bridgehead atoms. The molecule has 0 spiro atoms. The normalized spacial score (nSPS) is 44.1. The summed E-state index contributed by atoms with van der Waals surface area (Å²) >= 11 is 0. The van der Waals surface area contributed by atoms with Gasteiger partial charge in [-0.3, -0.25) is 0 Å². The van der Waals surface area contributed by atoms with Gasteiger partial charge in [-0.25, -0.2) is 0 Å². The second kappa shape index (κ2) is 1.33. The Morgan fingerprint density at radius 1 is 1.62 bits per heavy atom. The smallest absolute Gasteiger partial charge is 0.00468 e. The van der Waals surface area contributed by atoms with Crippen molar-refractivity contribution in [3.63, 3.8) is 0 Å². The zero-order valence-corrected chi connectivity index (χ0v) is 4.58. The minimum Gasteiger partial charge on any atom is -0.785 e. The van der Waals surface area contributed by atoms with Crippen molar-refractivity contribution in [1.82, 2.24) is 5.06 Å². The molecule has 1 saturated carbocycles. The van der Waals surface area contributed by atoms with Gasteiger partial charge in [0, 0.05) is 12.6 Å². The molecule has 2 nitrogen and oxygen atoms in total. The average molecular weight is 110 g/mol. The molecule has 0 radical (unpaired) electrons. The van der Waals surface area contributed by atoms with Crippen molar-refractivity contribution < 1.29 is 0 Å². The Morgan fingerprint density at radius 3 is 3.12 bits per heavy atom. The van der Waals surface area contributed by atoms with Crippen LogP contribution in [0.3, 0.4) is 0 Å². The molecule has 0 aromatic heterocycles. The van der Waals surface area contributed by atoms with E-state index in [9.17, 15) is 5.21 Å².